The molecule has 0 saturated heterocycles. The van der Waals surface area contributed by atoms with E-state index in [1.165, 1.54) is 6.07 Å². The molecule has 0 aliphatic carbocycles. The van der Waals surface area contributed by atoms with Gasteiger partial charge in [0.15, 0.2) is 0 Å². The van der Waals surface area contributed by atoms with Crippen molar-refractivity contribution in [3.63, 3.8) is 0 Å². The molecule has 1 aromatic carbocycles. The Labute approximate surface area is 130 Å². The fraction of sp³-hybridized carbons (Fsp3) is 0.471. The number of aromatic nitrogens is 1. The third kappa shape index (κ3) is 5.94. The zero-order chi connectivity index (χ0) is 15.1. The molecule has 0 aliphatic heterocycles. The Bertz CT molecular complexity index is 525. The monoisotopic (exact) mass is 306 g/mol. The summed E-state index contributed by atoms with van der Waals surface area (Å²) in [5.74, 6) is 0.923. The van der Waals surface area contributed by atoms with Crippen molar-refractivity contribution in [2.45, 2.75) is 26.7 Å². The molecule has 0 saturated carbocycles. The Morgan fingerprint density at radius 2 is 2.10 bits per heavy atom. The zero-order valence-electron chi connectivity index (χ0n) is 12.7. The van der Waals surface area contributed by atoms with Gasteiger partial charge in [-0.25, -0.2) is 9.37 Å². The van der Waals surface area contributed by atoms with Crippen LogP contribution in [0, 0.1) is 17.7 Å². The first kappa shape index (κ1) is 16.1. The van der Waals surface area contributed by atoms with Gasteiger partial charge in [-0.2, -0.15) is 0 Å². The molecular formula is C17H23FN2S. The highest BCUT2D eigenvalue weighted by molar-refractivity contribution is 7.09. The molecule has 2 rings (SSSR count). The van der Waals surface area contributed by atoms with Crippen molar-refractivity contribution in [3.8, 4) is 0 Å². The lowest BCUT2D eigenvalue weighted by atomic mass is 9.96. The minimum Gasteiger partial charge on any atom is -0.316 e. The Morgan fingerprint density at radius 1 is 1.24 bits per heavy atom. The molecule has 0 radical (unpaired) electrons. The van der Waals surface area contributed by atoms with Crippen LogP contribution in [0.3, 0.4) is 0 Å². The van der Waals surface area contributed by atoms with Crippen molar-refractivity contribution in [2.24, 2.45) is 11.8 Å². The largest absolute Gasteiger partial charge is 0.316 e. The number of thiazole rings is 1. The van der Waals surface area contributed by atoms with E-state index in [4.69, 9.17) is 0 Å². The number of benzene rings is 1. The van der Waals surface area contributed by atoms with E-state index >= 15 is 0 Å². The first-order valence-electron chi connectivity index (χ1n) is 7.47. The van der Waals surface area contributed by atoms with Crippen molar-refractivity contribution in [1.29, 1.82) is 0 Å². The van der Waals surface area contributed by atoms with E-state index in [9.17, 15) is 4.39 Å². The second kappa shape index (κ2) is 8.25. The van der Waals surface area contributed by atoms with Gasteiger partial charge in [0, 0.05) is 18.0 Å². The summed E-state index contributed by atoms with van der Waals surface area (Å²) in [4.78, 5) is 4.38. The summed E-state index contributed by atoms with van der Waals surface area (Å²) in [5, 5.41) is 6.68. The van der Waals surface area contributed by atoms with E-state index in [0.717, 1.165) is 36.5 Å². The number of halogens is 1. The minimum absolute atomic E-state index is 0.157. The molecule has 2 nitrogen and oxygen atoms in total. The molecule has 0 amide bonds. The van der Waals surface area contributed by atoms with Crippen molar-refractivity contribution in [1.82, 2.24) is 10.3 Å². The maximum absolute atomic E-state index is 13.3. The van der Waals surface area contributed by atoms with E-state index in [-0.39, 0.29) is 5.82 Å². The third-order valence-corrected chi connectivity index (χ3v) is 4.15. The third-order valence-electron chi connectivity index (χ3n) is 3.35. The molecule has 1 heterocycles. The molecule has 1 aromatic heterocycles. The van der Waals surface area contributed by atoms with Gasteiger partial charge >= 0.3 is 0 Å². The molecule has 21 heavy (non-hydrogen) atoms. The van der Waals surface area contributed by atoms with Crippen molar-refractivity contribution < 1.29 is 4.39 Å². The SMILES string of the molecule is CC(C)CNCC(Cc1cccc(F)c1)Cc1nccs1. The first-order valence-corrected chi connectivity index (χ1v) is 8.35. The topological polar surface area (TPSA) is 24.9 Å². The van der Waals surface area contributed by atoms with Crippen LogP contribution in [0.15, 0.2) is 35.8 Å². The normalized spacial score (nSPS) is 12.8. The van der Waals surface area contributed by atoms with Gasteiger partial charge in [-0.1, -0.05) is 26.0 Å². The average Bonchev–Trinajstić information content (AvgIpc) is 2.91. The van der Waals surface area contributed by atoms with Crippen LogP contribution in [0.4, 0.5) is 4.39 Å². The number of hydrogen-bond donors (Lipinski definition) is 1. The lowest BCUT2D eigenvalue weighted by Crippen LogP contribution is -2.28. The standard InChI is InChI=1S/C17H23FN2S/c1-13(2)11-19-12-15(10-17-20-6-7-21-17)8-14-4-3-5-16(18)9-14/h3-7,9,13,15,19H,8,10-12H2,1-2H3. The van der Waals surface area contributed by atoms with E-state index in [0.29, 0.717) is 11.8 Å². The van der Waals surface area contributed by atoms with Crippen molar-refractivity contribution in [2.75, 3.05) is 13.1 Å². The van der Waals surface area contributed by atoms with E-state index in [1.807, 2.05) is 17.6 Å². The van der Waals surface area contributed by atoms with Gasteiger partial charge in [0.25, 0.3) is 0 Å². The van der Waals surface area contributed by atoms with Crippen molar-refractivity contribution in [3.05, 3.63) is 52.2 Å². The second-order valence-electron chi connectivity index (χ2n) is 5.88. The van der Waals surface area contributed by atoms with Crippen LogP contribution < -0.4 is 5.32 Å². The molecule has 0 bridgehead atoms. The Morgan fingerprint density at radius 3 is 2.76 bits per heavy atom. The highest BCUT2D eigenvalue weighted by atomic mass is 32.1. The summed E-state index contributed by atoms with van der Waals surface area (Å²) in [6, 6.07) is 6.92. The zero-order valence-corrected chi connectivity index (χ0v) is 13.5. The lowest BCUT2D eigenvalue weighted by Gasteiger charge is -2.18. The maximum atomic E-state index is 13.3. The maximum Gasteiger partial charge on any atom is 0.123 e. The van der Waals surface area contributed by atoms with E-state index < -0.39 is 0 Å². The molecular weight excluding hydrogens is 283 g/mol. The number of nitrogens with zero attached hydrogens (tertiary/aromatic N) is 1. The van der Waals surface area contributed by atoms with Crippen LogP contribution in [0.5, 0.6) is 0 Å². The molecule has 2 aromatic rings. The molecule has 114 valence electrons. The summed E-state index contributed by atoms with van der Waals surface area (Å²) >= 11 is 1.69. The summed E-state index contributed by atoms with van der Waals surface area (Å²) in [6.07, 6.45) is 3.67. The quantitative estimate of drug-likeness (QED) is 0.799. The van der Waals surface area contributed by atoms with Gasteiger partial charge in [0.05, 0.1) is 5.01 Å². The van der Waals surface area contributed by atoms with Crippen LogP contribution in [-0.2, 0) is 12.8 Å². The van der Waals surface area contributed by atoms with Gasteiger partial charge in [-0.3, -0.25) is 0 Å². The number of hydrogen-bond acceptors (Lipinski definition) is 3. The summed E-state index contributed by atoms with van der Waals surface area (Å²) in [7, 11) is 0. The number of nitrogens with one attached hydrogen (secondary N) is 1. The summed E-state index contributed by atoms with van der Waals surface area (Å²) < 4.78 is 13.3. The second-order valence-corrected chi connectivity index (χ2v) is 6.86. The van der Waals surface area contributed by atoms with Crippen LogP contribution >= 0.6 is 11.3 Å². The Hall–Kier alpha value is -1.26. The van der Waals surface area contributed by atoms with Gasteiger partial charge in [-0.05, 0) is 49.0 Å². The Balaban J connectivity index is 1.96. The number of rotatable bonds is 8. The summed E-state index contributed by atoms with van der Waals surface area (Å²) in [5.41, 5.74) is 1.06. The molecule has 0 aliphatic rings. The van der Waals surface area contributed by atoms with Crippen LogP contribution in [0.1, 0.15) is 24.4 Å². The molecule has 1 N–H and O–H groups in total. The van der Waals surface area contributed by atoms with Gasteiger partial charge in [0.2, 0.25) is 0 Å². The van der Waals surface area contributed by atoms with E-state index in [1.54, 1.807) is 23.5 Å². The van der Waals surface area contributed by atoms with Crippen LogP contribution in [0.2, 0.25) is 0 Å². The lowest BCUT2D eigenvalue weighted by molar-refractivity contribution is 0.444. The predicted molar refractivity (Wildman–Crippen MR) is 87.1 cm³/mol. The van der Waals surface area contributed by atoms with Gasteiger partial charge in [0.1, 0.15) is 5.82 Å². The summed E-state index contributed by atoms with van der Waals surface area (Å²) in [6.45, 7) is 6.36. The van der Waals surface area contributed by atoms with Crippen LogP contribution in [0.25, 0.3) is 0 Å². The van der Waals surface area contributed by atoms with Crippen LogP contribution in [-0.4, -0.2) is 18.1 Å². The molecule has 0 fully saturated rings. The molecule has 1 unspecified atom stereocenters. The highest BCUT2D eigenvalue weighted by Gasteiger charge is 2.13. The molecule has 1 atom stereocenters. The average molecular weight is 306 g/mol. The smallest absolute Gasteiger partial charge is 0.123 e. The fourth-order valence-electron chi connectivity index (χ4n) is 2.39. The van der Waals surface area contributed by atoms with Gasteiger partial charge < -0.3 is 5.32 Å². The van der Waals surface area contributed by atoms with Gasteiger partial charge in [-0.15, -0.1) is 11.3 Å². The predicted octanol–water partition coefficient (Wildman–Crippen LogP) is 3.93. The first-order chi connectivity index (χ1) is 10.1. The fourth-order valence-corrected chi connectivity index (χ4v) is 3.12. The Kier molecular flexibility index (Phi) is 6.33. The highest BCUT2D eigenvalue weighted by Crippen LogP contribution is 2.17. The minimum atomic E-state index is -0.157. The molecule has 0 spiro atoms. The van der Waals surface area contributed by atoms with E-state index in [2.05, 4.69) is 24.1 Å². The van der Waals surface area contributed by atoms with Crippen molar-refractivity contribution >= 4 is 11.3 Å². The molecule has 4 heteroatoms.